The molecule has 0 fully saturated rings. The first kappa shape index (κ1) is 12.2. The number of nitrogens with one attached hydrogen (secondary N) is 1. The monoisotopic (exact) mass is 207 g/mol. The highest BCUT2D eigenvalue weighted by Crippen LogP contribution is 2.18. The van der Waals surface area contributed by atoms with Crippen molar-refractivity contribution in [3.63, 3.8) is 0 Å². The van der Waals surface area contributed by atoms with Gasteiger partial charge in [-0.2, -0.15) is 0 Å². The fourth-order valence-electron chi connectivity index (χ4n) is 1.88. The fraction of sp³-hybridized carbons (Fsp3) is 0.538. The molecule has 0 heterocycles. The summed E-state index contributed by atoms with van der Waals surface area (Å²) in [7, 11) is 0. The molecule has 2 nitrogen and oxygen atoms in total. The Morgan fingerprint density at radius 3 is 2.47 bits per heavy atom. The Balaban J connectivity index is 2.77. The molecule has 0 aliphatic heterocycles. The van der Waals surface area contributed by atoms with E-state index in [9.17, 15) is 0 Å². The largest absolute Gasteiger partial charge is 0.395 e. The average Bonchev–Trinajstić information content (AvgIpc) is 2.17. The molecule has 0 radical (unpaired) electrons. The molecular weight excluding hydrogens is 186 g/mol. The zero-order valence-corrected chi connectivity index (χ0v) is 10.0. The van der Waals surface area contributed by atoms with E-state index in [0.29, 0.717) is 0 Å². The Hall–Kier alpha value is -0.860. The maximum atomic E-state index is 8.98. The van der Waals surface area contributed by atoms with Gasteiger partial charge < -0.3 is 10.4 Å². The molecule has 2 N–H and O–H groups in total. The minimum Gasteiger partial charge on any atom is -0.395 e. The second kappa shape index (κ2) is 5.29. The van der Waals surface area contributed by atoms with Gasteiger partial charge in [-0.1, -0.05) is 23.8 Å². The molecule has 0 spiro atoms. The summed E-state index contributed by atoms with van der Waals surface area (Å²) in [6, 6.07) is 6.90. The first-order valence-electron chi connectivity index (χ1n) is 5.48. The van der Waals surface area contributed by atoms with Crippen LogP contribution in [0.3, 0.4) is 0 Å². The van der Waals surface area contributed by atoms with E-state index < -0.39 is 0 Å². The van der Waals surface area contributed by atoms with Gasteiger partial charge in [0.15, 0.2) is 0 Å². The Morgan fingerprint density at radius 1 is 1.27 bits per heavy atom. The van der Waals surface area contributed by atoms with E-state index in [1.54, 1.807) is 0 Å². The van der Waals surface area contributed by atoms with Crippen molar-refractivity contribution >= 4 is 0 Å². The van der Waals surface area contributed by atoms with Gasteiger partial charge in [0.05, 0.1) is 6.61 Å². The Labute approximate surface area is 92.3 Å². The molecule has 0 aliphatic rings. The van der Waals surface area contributed by atoms with Crippen LogP contribution in [0.4, 0.5) is 0 Å². The number of rotatable bonds is 4. The van der Waals surface area contributed by atoms with E-state index in [1.807, 2.05) is 6.92 Å². The molecule has 0 saturated heterocycles. The van der Waals surface area contributed by atoms with Crippen LogP contribution in [0.2, 0.25) is 0 Å². The molecule has 84 valence electrons. The third kappa shape index (κ3) is 3.33. The van der Waals surface area contributed by atoms with Crippen molar-refractivity contribution in [3.8, 4) is 0 Å². The van der Waals surface area contributed by atoms with E-state index in [1.165, 1.54) is 16.7 Å². The standard InChI is InChI=1S/C13H21NO/c1-9-5-6-13(10(2)7-9)12(4)14-11(3)8-15/h5-7,11-12,14-15H,8H2,1-4H3/t11-,12-/m0/s1. The molecular formula is C13H21NO. The molecule has 0 unspecified atom stereocenters. The van der Waals surface area contributed by atoms with Crippen LogP contribution in [0.25, 0.3) is 0 Å². The lowest BCUT2D eigenvalue weighted by Crippen LogP contribution is -2.32. The highest BCUT2D eigenvalue weighted by atomic mass is 16.3. The van der Waals surface area contributed by atoms with Crippen molar-refractivity contribution in [1.82, 2.24) is 5.32 Å². The molecule has 0 bridgehead atoms. The van der Waals surface area contributed by atoms with E-state index in [-0.39, 0.29) is 18.7 Å². The highest BCUT2D eigenvalue weighted by Gasteiger charge is 2.10. The molecule has 0 saturated carbocycles. The first-order chi connectivity index (χ1) is 7.04. The molecule has 0 aliphatic carbocycles. The van der Waals surface area contributed by atoms with Crippen molar-refractivity contribution in [2.24, 2.45) is 0 Å². The molecule has 0 aromatic heterocycles. The summed E-state index contributed by atoms with van der Waals surface area (Å²) in [5.41, 5.74) is 3.90. The lowest BCUT2D eigenvalue weighted by Gasteiger charge is -2.20. The predicted molar refractivity (Wildman–Crippen MR) is 64.0 cm³/mol. The maximum Gasteiger partial charge on any atom is 0.0582 e. The van der Waals surface area contributed by atoms with E-state index in [0.717, 1.165) is 0 Å². The number of benzene rings is 1. The van der Waals surface area contributed by atoms with Crippen molar-refractivity contribution in [1.29, 1.82) is 0 Å². The van der Waals surface area contributed by atoms with Crippen molar-refractivity contribution in [3.05, 3.63) is 34.9 Å². The van der Waals surface area contributed by atoms with Crippen LogP contribution in [-0.4, -0.2) is 17.8 Å². The summed E-state index contributed by atoms with van der Waals surface area (Å²) < 4.78 is 0. The van der Waals surface area contributed by atoms with Gasteiger partial charge in [-0.3, -0.25) is 0 Å². The third-order valence-electron chi connectivity index (χ3n) is 2.70. The van der Waals surface area contributed by atoms with Crippen LogP contribution < -0.4 is 5.32 Å². The zero-order valence-electron chi connectivity index (χ0n) is 10.0. The van der Waals surface area contributed by atoms with Gasteiger partial charge in [-0.05, 0) is 38.8 Å². The molecule has 2 heteroatoms. The van der Waals surface area contributed by atoms with Crippen LogP contribution in [-0.2, 0) is 0 Å². The van der Waals surface area contributed by atoms with Gasteiger partial charge in [0.1, 0.15) is 0 Å². The zero-order chi connectivity index (χ0) is 11.4. The number of hydrogen-bond donors (Lipinski definition) is 2. The number of aliphatic hydroxyl groups excluding tert-OH is 1. The topological polar surface area (TPSA) is 32.3 Å². The third-order valence-corrected chi connectivity index (χ3v) is 2.70. The van der Waals surface area contributed by atoms with Crippen LogP contribution in [0.1, 0.15) is 36.6 Å². The predicted octanol–water partition coefficient (Wildman–Crippen LogP) is 2.33. The second-order valence-corrected chi connectivity index (χ2v) is 4.33. The molecule has 2 atom stereocenters. The Kier molecular flexibility index (Phi) is 4.30. The normalized spacial score (nSPS) is 15.0. The quantitative estimate of drug-likeness (QED) is 0.794. The van der Waals surface area contributed by atoms with Crippen LogP contribution in [0.15, 0.2) is 18.2 Å². The number of aryl methyl sites for hydroxylation is 2. The summed E-state index contributed by atoms with van der Waals surface area (Å²) in [6.45, 7) is 8.52. The van der Waals surface area contributed by atoms with Gasteiger partial charge in [0.25, 0.3) is 0 Å². The highest BCUT2D eigenvalue weighted by molar-refractivity contribution is 5.32. The number of hydrogen-bond acceptors (Lipinski definition) is 2. The lowest BCUT2D eigenvalue weighted by atomic mass is 10.00. The Bertz CT molecular complexity index is 322. The summed E-state index contributed by atoms with van der Waals surface area (Å²) in [6.07, 6.45) is 0. The van der Waals surface area contributed by atoms with Crippen molar-refractivity contribution in [2.75, 3.05) is 6.61 Å². The number of aliphatic hydroxyl groups is 1. The summed E-state index contributed by atoms with van der Waals surface area (Å²) in [4.78, 5) is 0. The minimum atomic E-state index is 0.140. The van der Waals surface area contributed by atoms with E-state index >= 15 is 0 Å². The van der Waals surface area contributed by atoms with Gasteiger partial charge in [0.2, 0.25) is 0 Å². The van der Waals surface area contributed by atoms with E-state index in [2.05, 4.69) is 44.3 Å². The average molecular weight is 207 g/mol. The molecule has 1 aromatic rings. The van der Waals surface area contributed by atoms with Crippen molar-refractivity contribution < 1.29 is 5.11 Å². The smallest absolute Gasteiger partial charge is 0.0582 e. The van der Waals surface area contributed by atoms with Crippen LogP contribution in [0, 0.1) is 13.8 Å². The molecule has 1 rings (SSSR count). The second-order valence-electron chi connectivity index (χ2n) is 4.33. The van der Waals surface area contributed by atoms with E-state index in [4.69, 9.17) is 5.11 Å². The molecule has 1 aromatic carbocycles. The van der Waals surface area contributed by atoms with Gasteiger partial charge in [0, 0.05) is 12.1 Å². The maximum absolute atomic E-state index is 8.98. The summed E-state index contributed by atoms with van der Waals surface area (Å²) in [5.74, 6) is 0. The van der Waals surface area contributed by atoms with Gasteiger partial charge in [-0.15, -0.1) is 0 Å². The lowest BCUT2D eigenvalue weighted by molar-refractivity contribution is 0.243. The first-order valence-corrected chi connectivity index (χ1v) is 5.48. The Morgan fingerprint density at radius 2 is 1.93 bits per heavy atom. The van der Waals surface area contributed by atoms with Gasteiger partial charge in [-0.25, -0.2) is 0 Å². The van der Waals surface area contributed by atoms with Gasteiger partial charge >= 0.3 is 0 Å². The summed E-state index contributed by atoms with van der Waals surface area (Å²) in [5, 5.41) is 12.3. The molecule has 0 amide bonds. The van der Waals surface area contributed by atoms with Crippen LogP contribution >= 0.6 is 0 Å². The molecule has 15 heavy (non-hydrogen) atoms. The summed E-state index contributed by atoms with van der Waals surface area (Å²) >= 11 is 0. The van der Waals surface area contributed by atoms with Crippen molar-refractivity contribution in [2.45, 2.75) is 39.8 Å². The minimum absolute atomic E-state index is 0.140. The fourth-order valence-corrected chi connectivity index (χ4v) is 1.88. The van der Waals surface area contributed by atoms with Crippen LogP contribution in [0.5, 0.6) is 0 Å². The SMILES string of the molecule is Cc1ccc([C@H](C)N[C@@H](C)CO)c(C)c1.